The van der Waals surface area contributed by atoms with Crippen LogP contribution in [0.2, 0.25) is 5.15 Å². The van der Waals surface area contributed by atoms with Crippen LogP contribution in [0.3, 0.4) is 0 Å². The van der Waals surface area contributed by atoms with E-state index in [0.717, 1.165) is 28.0 Å². The summed E-state index contributed by atoms with van der Waals surface area (Å²) in [6, 6.07) is 19.5. The molecule has 4 aromatic rings. The highest BCUT2D eigenvalue weighted by Crippen LogP contribution is 2.26. The molecule has 0 amide bonds. The Morgan fingerprint density at radius 1 is 0.929 bits per heavy atom. The SMILES string of the molecule is Cc1ccccc1OCc1ccccc1-c1nnc(Cc2cccnc2Cl)o1. The largest absolute Gasteiger partial charge is 0.489 e. The minimum Gasteiger partial charge on any atom is -0.489 e. The molecule has 0 radical (unpaired) electrons. The van der Waals surface area contributed by atoms with Crippen LogP contribution in [0.15, 0.2) is 71.3 Å². The third-order valence-electron chi connectivity index (χ3n) is 4.37. The molecule has 0 spiro atoms. The number of hydrogen-bond donors (Lipinski definition) is 0. The van der Waals surface area contributed by atoms with Crippen molar-refractivity contribution in [3.8, 4) is 17.2 Å². The van der Waals surface area contributed by atoms with E-state index in [0.29, 0.717) is 30.0 Å². The van der Waals surface area contributed by atoms with E-state index >= 15 is 0 Å². The van der Waals surface area contributed by atoms with E-state index in [-0.39, 0.29) is 0 Å². The van der Waals surface area contributed by atoms with Crippen LogP contribution in [0.5, 0.6) is 5.75 Å². The zero-order valence-electron chi connectivity index (χ0n) is 15.3. The molecule has 0 saturated heterocycles. The first kappa shape index (κ1) is 18.2. The van der Waals surface area contributed by atoms with Crippen molar-refractivity contribution < 1.29 is 9.15 Å². The Morgan fingerprint density at radius 3 is 2.57 bits per heavy atom. The van der Waals surface area contributed by atoms with E-state index in [2.05, 4.69) is 15.2 Å². The molecule has 0 unspecified atom stereocenters. The Morgan fingerprint density at radius 2 is 1.71 bits per heavy atom. The fraction of sp³-hybridized carbons (Fsp3) is 0.136. The number of ether oxygens (including phenoxy) is 1. The van der Waals surface area contributed by atoms with E-state index in [1.807, 2.05) is 67.6 Å². The zero-order valence-corrected chi connectivity index (χ0v) is 16.1. The van der Waals surface area contributed by atoms with Crippen molar-refractivity contribution in [1.82, 2.24) is 15.2 Å². The average molecular weight is 392 g/mol. The van der Waals surface area contributed by atoms with Crippen LogP contribution in [0.1, 0.15) is 22.6 Å². The predicted molar refractivity (Wildman–Crippen MR) is 107 cm³/mol. The number of aromatic nitrogens is 3. The summed E-state index contributed by atoms with van der Waals surface area (Å²) in [5, 5.41) is 8.81. The predicted octanol–water partition coefficient (Wildman–Crippen LogP) is 5.26. The van der Waals surface area contributed by atoms with Gasteiger partial charge in [-0.15, -0.1) is 10.2 Å². The van der Waals surface area contributed by atoms with Gasteiger partial charge in [-0.3, -0.25) is 0 Å². The van der Waals surface area contributed by atoms with Crippen LogP contribution in [-0.2, 0) is 13.0 Å². The van der Waals surface area contributed by atoms with Gasteiger partial charge in [0.1, 0.15) is 17.5 Å². The second-order valence-corrected chi connectivity index (χ2v) is 6.70. The lowest BCUT2D eigenvalue weighted by Crippen LogP contribution is -1.99. The summed E-state index contributed by atoms with van der Waals surface area (Å²) < 4.78 is 11.9. The van der Waals surface area contributed by atoms with Gasteiger partial charge in [-0.1, -0.05) is 54.1 Å². The Kier molecular flexibility index (Phi) is 5.35. The zero-order chi connectivity index (χ0) is 19.3. The quantitative estimate of drug-likeness (QED) is 0.419. The average Bonchev–Trinajstić information content (AvgIpc) is 3.18. The van der Waals surface area contributed by atoms with Crippen molar-refractivity contribution in [1.29, 1.82) is 0 Å². The number of halogens is 1. The van der Waals surface area contributed by atoms with Crippen molar-refractivity contribution in [3.63, 3.8) is 0 Å². The molecular formula is C22H18ClN3O2. The van der Waals surface area contributed by atoms with Crippen molar-refractivity contribution in [2.45, 2.75) is 20.0 Å². The maximum atomic E-state index is 6.12. The lowest BCUT2D eigenvalue weighted by atomic mass is 10.1. The molecule has 0 bridgehead atoms. The molecule has 6 heteroatoms. The van der Waals surface area contributed by atoms with E-state index in [1.165, 1.54) is 0 Å². The molecule has 0 N–H and O–H groups in total. The van der Waals surface area contributed by atoms with Crippen LogP contribution in [0.25, 0.3) is 11.5 Å². The van der Waals surface area contributed by atoms with E-state index in [1.54, 1.807) is 6.20 Å². The molecule has 0 aliphatic heterocycles. The molecule has 0 saturated carbocycles. The minimum atomic E-state index is 0.410. The van der Waals surface area contributed by atoms with Crippen molar-refractivity contribution in [3.05, 3.63) is 94.6 Å². The molecule has 0 fully saturated rings. The number of para-hydroxylation sites is 1. The van der Waals surface area contributed by atoms with Crippen LogP contribution < -0.4 is 4.74 Å². The topological polar surface area (TPSA) is 61.0 Å². The molecule has 140 valence electrons. The summed E-state index contributed by atoms with van der Waals surface area (Å²) in [5.74, 6) is 1.80. The van der Waals surface area contributed by atoms with Gasteiger partial charge in [0, 0.05) is 17.3 Å². The van der Waals surface area contributed by atoms with Gasteiger partial charge in [0.2, 0.25) is 11.8 Å². The Balaban J connectivity index is 1.54. The summed E-state index contributed by atoms with van der Waals surface area (Å²) in [6.45, 7) is 2.43. The summed E-state index contributed by atoms with van der Waals surface area (Å²) in [4.78, 5) is 4.07. The summed E-state index contributed by atoms with van der Waals surface area (Å²) in [5.41, 5.74) is 3.76. The van der Waals surface area contributed by atoms with E-state index in [4.69, 9.17) is 20.8 Å². The third-order valence-corrected chi connectivity index (χ3v) is 4.71. The molecule has 0 aliphatic rings. The van der Waals surface area contributed by atoms with Gasteiger partial charge < -0.3 is 9.15 Å². The normalized spacial score (nSPS) is 10.8. The van der Waals surface area contributed by atoms with Crippen LogP contribution in [0.4, 0.5) is 0 Å². The van der Waals surface area contributed by atoms with Crippen molar-refractivity contribution in [2.75, 3.05) is 0 Å². The highest BCUT2D eigenvalue weighted by atomic mass is 35.5. The highest BCUT2D eigenvalue weighted by molar-refractivity contribution is 6.30. The number of nitrogens with zero attached hydrogens (tertiary/aromatic N) is 3. The van der Waals surface area contributed by atoms with Gasteiger partial charge in [0.15, 0.2) is 0 Å². The fourth-order valence-corrected chi connectivity index (χ4v) is 3.06. The number of benzene rings is 2. The summed E-state index contributed by atoms with van der Waals surface area (Å²) in [6.07, 6.45) is 2.08. The third kappa shape index (κ3) is 4.05. The van der Waals surface area contributed by atoms with Crippen molar-refractivity contribution >= 4 is 11.6 Å². The first-order chi connectivity index (χ1) is 13.7. The van der Waals surface area contributed by atoms with Crippen LogP contribution in [-0.4, -0.2) is 15.2 Å². The summed E-state index contributed by atoms with van der Waals surface area (Å²) >= 11 is 6.12. The molecule has 2 heterocycles. The molecule has 5 nitrogen and oxygen atoms in total. The second-order valence-electron chi connectivity index (χ2n) is 6.34. The highest BCUT2D eigenvalue weighted by Gasteiger charge is 2.14. The van der Waals surface area contributed by atoms with E-state index in [9.17, 15) is 0 Å². The Labute approximate surface area is 168 Å². The van der Waals surface area contributed by atoms with Crippen LogP contribution in [0, 0.1) is 6.92 Å². The van der Waals surface area contributed by atoms with Gasteiger partial charge in [0.25, 0.3) is 0 Å². The standard InChI is InChI=1S/C22H18ClN3O2/c1-15-7-2-5-11-19(15)27-14-17-8-3-4-10-18(17)22-26-25-20(28-22)13-16-9-6-12-24-21(16)23/h2-12H,13-14H2,1H3. The molecular weight excluding hydrogens is 374 g/mol. The number of hydrogen-bond acceptors (Lipinski definition) is 5. The molecule has 2 aromatic heterocycles. The fourth-order valence-electron chi connectivity index (χ4n) is 2.88. The summed E-state index contributed by atoms with van der Waals surface area (Å²) in [7, 11) is 0. The maximum absolute atomic E-state index is 6.12. The van der Waals surface area contributed by atoms with Crippen LogP contribution >= 0.6 is 11.6 Å². The Hall–Kier alpha value is -3.18. The lowest BCUT2D eigenvalue weighted by Gasteiger charge is -2.10. The first-order valence-corrected chi connectivity index (χ1v) is 9.27. The van der Waals surface area contributed by atoms with Gasteiger partial charge in [-0.05, 0) is 36.2 Å². The minimum absolute atomic E-state index is 0.410. The molecule has 0 aliphatic carbocycles. The van der Waals surface area contributed by atoms with Gasteiger partial charge in [-0.25, -0.2) is 4.98 Å². The second kappa shape index (κ2) is 8.23. The van der Waals surface area contributed by atoms with Crippen molar-refractivity contribution in [2.24, 2.45) is 0 Å². The first-order valence-electron chi connectivity index (χ1n) is 8.89. The molecule has 28 heavy (non-hydrogen) atoms. The smallest absolute Gasteiger partial charge is 0.248 e. The molecule has 2 aromatic carbocycles. The number of pyridine rings is 1. The number of aryl methyl sites for hydroxylation is 1. The maximum Gasteiger partial charge on any atom is 0.248 e. The monoisotopic (exact) mass is 391 g/mol. The van der Waals surface area contributed by atoms with E-state index < -0.39 is 0 Å². The van der Waals surface area contributed by atoms with Gasteiger partial charge >= 0.3 is 0 Å². The Bertz CT molecular complexity index is 1090. The van der Waals surface area contributed by atoms with Gasteiger partial charge in [-0.2, -0.15) is 0 Å². The lowest BCUT2D eigenvalue weighted by molar-refractivity contribution is 0.304. The molecule has 0 atom stereocenters. The number of rotatable bonds is 6. The van der Waals surface area contributed by atoms with Gasteiger partial charge in [0.05, 0.1) is 6.42 Å². The molecule has 4 rings (SSSR count).